The molecule has 3 N–H and O–H groups in total. The molecule has 1 saturated heterocycles. The SMILES string of the molecule is N#Cc1ccc(CNC(=O)c2cc(Cl)cc(N3SCC(=O)C3=O)c2)c(OCC(N)=O)c1. The minimum absolute atomic E-state index is 0.0242. The number of nitrogens with zero attached hydrogens (tertiary/aromatic N) is 2. The van der Waals surface area contributed by atoms with Crippen LogP contribution >= 0.6 is 23.5 Å². The minimum Gasteiger partial charge on any atom is -0.483 e. The second-order valence-corrected chi connectivity index (χ2v) is 7.71. The number of nitrogens with one attached hydrogen (secondary N) is 1. The lowest BCUT2D eigenvalue weighted by atomic mass is 10.1. The first-order chi connectivity index (χ1) is 14.8. The van der Waals surface area contributed by atoms with Gasteiger partial charge in [-0.1, -0.05) is 17.7 Å². The number of ketones is 1. The summed E-state index contributed by atoms with van der Waals surface area (Å²) >= 11 is 7.12. The van der Waals surface area contributed by atoms with E-state index >= 15 is 0 Å². The molecule has 3 amide bonds. The first-order valence-corrected chi connectivity index (χ1v) is 10.1. The quantitative estimate of drug-likeness (QED) is 0.473. The smallest absolute Gasteiger partial charge is 0.305 e. The van der Waals surface area contributed by atoms with Gasteiger partial charge in [-0.15, -0.1) is 0 Å². The summed E-state index contributed by atoms with van der Waals surface area (Å²) in [7, 11) is 0. The standard InChI is InChI=1S/C20H15ClN4O5S/c21-14-4-13(5-15(6-14)25-20(29)16(26)10-31-25)19(28)24-8-12-2-1-11(7-22)3-17(12)30-9-18(23)27/h1-6H,8-10H2,(H2,23,27)(H,24,28). The van der Waals surface area contributed by atoms with E-state index in [9.17, 15) is 19.2 Å². The van der Waals surface area contributed by atoms with Gasteiger partial charge in [0.2, 0.25) is 5.78 Å². The molecule has 2 aromatic carbocycles. The minimum atomic E-state index is -0.684. The highest BCUT2D eigenvalue weighted by Gasteiger charge is 2.32. The number of primary amides is 1. The molecule has 3 rings (SSSR count). The summed E-state index contributed by atoms with van der Waals surface area (Å²) in [5.41, 5.74) is 6.44. The molecule has 0 radical (unpaired) electrons. The van der Waals surface area contributed by atoms with Crippen molar-refractivity contribution in [1.82, 2.24) is 5.32 Å². The number of hydrogen-bond acceptors (Lipinski definition) is 7. The summed E-state index contributed by atoms with van der Waals surface area (Å²) in [6, 6.07) is 10.9. The van der Waals surface area contributed by atoms with E-state index in [0.29, 0.717) is 16.8 Å². The topological polar surface area (TPSA) is 143 Å². The van der Waals surface area contributed by atoms with Gasteiger partial charge in [-0.2, -0.15) is 5.26 Å². The van der Waals surface area contributed by atoms with Crippen molar-refractivity contribution in [2.45, 2.75) is 6.54 Å². The number of carbonyl (C=O) groups is 4. The number of halogens is 1. The molecule has 2 aromatic rings. The van der Waals surface area contributed by atoms with E-state index in [1.165, 1.54) is 28.6 Å². The van der Waals surface area contributed by atoms with Crippen LogP contribution in [0.25, 0.3) is 0 Å². The molecular weight excluding hydrogens is 444 g/mol. The third kappa shape index (κ3) is 5.33. The molecule has 9 nitrogen and oxygen atoms in total. The average Bonchev–Trinajstić information content (AvgIpc) is 3.08. The lowest BCUT2D eigenvalue weighted by Crippen LogP contribution is -2.26. The third-order valence-electron chi connectivity index (χ3n) is 4.13. The van der Waals surface area contributed by atoms with Gasteiger partial charge >= 0.3 is 5.91 Å². The van der Waals surface area contributed by atoms with E-state index in [2.05, 4.69) is 5.32 Å². The molecule has 158 valence electrons. The second kappa shape index (κ2) is 9.51. The fourth-order valence-corrected chi connectivity index (χ4v) is 3.77. The molecule has 1 aliphatic rings. The summed E-state index contributed by atoms with van der Waals surface area (Å²) in [5.74, 6) is -2.11. The molecule has 0 unspecified atom stereocenters. The highest BCUT2D eigenvalue weighted by atomic mass is 35.5. The van der Waals surface area contributed by atoms with Crippen molar-refractivity contribution in [3.05, 3.63) is 58.1 Å². The van der Waals surface area contributed by atoms with Crippen LogP contribution < -0.4 is 20.1 Å². The van der Waals surface area contributed by atoms with Crippen molar-refractivity contribution in [3.63, 3.8) is 0 Å². The summed E-state index contributed by atoms with van der Waals surface area (Å²) in [4.78, 5) is 47.1. The Morgan fingerprint density at radius 3 is 2.68 bits per heavy atom. The molecule has 11 heteroatoms. The molecule has 1 aliphatic heterocycles. The average molecular weight is 459 g/mol. The van der Waals surface area contributed by atoms with Crippen LogP contribution in [0.3, 0.4) is 0 Å². The maximum Gasteiger partial charge on any atom is 0.305 e. The number of hydrogen-bond donors (Lipinski definition) is 2. The molecule has 0 atom stereocenters. The van der Waals surface area contributed by atoms with Crippen molar-refractivity contribution in [2.24, 2.45) is 5.73 Å². The number of carbonyl (C=O) groups excluding carboxylic acids is 4. The Morgan fingerprint density at radius 2 is 2.03 bits per heavy atom. The van der Waals surface area contributed by atoms with Crippen LogP contribution in [0.5, 0.6) is 5.75 Å². The highest BCUT2D eigenvalue weighted by Crippen LogP contribution is 2.31. The normalized spacial score (nSPS) is 13.1. The number of nitrogens with two attached hydrogens (primary N) is 1. The molecule has 31 heavy (non-hydrogen) atoms. The predicted octanol–water partition coefficient (Wildman–Crippen LogP) is 1.57. The molecule has 1 fully saturated rings. The maximum absolute atomic E-state index is 12.7. The van der Waals surface area contributed by atoms with Gasteiger partial charge in [0.25, 0.3) is 11.8 Å². The second-order valence-electron chi connectivity index (χ2n) is 6.37. The van der Waals surface area contributed by atoms with Gasteiger partial charge in [0.05, 0.1) is 23.1 Å². The number of anilines is 1. The predicted molar refractivity (Wildman–Crippen MR) is 113 cm³/mol. The zero-order valence-electron chi connectivity index (χ0n) is 15.9. The van der Waals surface area contributed by atoms with E-state index in [4.69, 9.17) is 27.3 Å². The van der Waals surface area contributed by atoms with E-state index < -0.39 is 23.5 Å². The van der Waals surface area contributed by atoms with Gasteiger partial charge in [0.15, 0.2) is 6.61 Å². The van der Waals surface area contributed by atoms with Gasteiger partial charge in [0, 0.05) is 22.7 Å². The number of amides is 3. The van der Waals surface area contributed by atoms with Crippen LogP contribution in [0.2, 0.25) is 5.02 Å². The molecule has 0 aliphatic carbocycles. The van der Waals surface area contributed by atoms with Crippen LogP contribution in [0.1, 0.15) is 21.5 Å². The Morgan fingerprint density at radius 1 is 1.26 bits per heavy atom. The lowest BCUT2D eigenvalue weighted by Gasteiger charge is -2.15. The Balaban J connectivity index is 1.77. The van der Waals surface area contributed by atoms with Gasteiger partial charge in [0.1, 0.15) is 5.75 Å². The van der Waals surface area contributed by atoms with Crippen molar-refractivity contribution in [1.29, 1.82) is 5.26 Å². The first kappa shape index (κ1) is 22.1. The van der Waals surface area contributed by atoms with E-state index in [-0.39, 0.29) is 35.2 Å². The Hall–Kier alpha value is -3.55. The first-order valence-electron chi connectivity index (χ1n) is 8.81. The Kier molecular flexibility index (Phi) is 6.79. The van der Waals surface area contributed by atoms with E-state index in [0.717, 1.165) is 11.9 Å². The van der Waals surface area contributed by atoms with Crippen LogP contribution in [0.15, 0.2) is 36.4 Å². The van der Waals surface area contributed by atoms with Crippen LogP contribution in [-0.2, 0) is 20.9 Å². The summed E-state index contributed by atoms with van der Waals surface area (Å²) in [5, 5.41) is 12.0. The van der Waals surface area contributed by atoms with Gasteiger partial charge in [-0.3, -0.25) is 19.2 Å². The number of benzene rings is 2. The van der Waals surface area contributed by atoms with Crippen LogP contribution in [-0.4, -0.2) is 35.9 Å². The zero-order chi connectivity index (χ0) is 22.5. The fourth-order valence-electron chi connectivity index (χ4n) is 2.70. The number of rotatable bonds is 7. The maximum atomic E-state index is 12.7. The van der Waals surface area contributed by atoms with Crippen molar-refractivity contribution >= 4 is 52.7 Å². The van der Waals surface area contributed by atoms with Crippen molar-refractivity contribution in [3.8, 4) is 11.8 Å². The molecule has 0 spiro atoms. The lowest BCUT2D eigenvalue weighted by molar-refractivity contribution is -0.133. The largest absolute Gasteiger partial charge is 0.483 e. The van der Waals surface area contributed by atoms with Crippen LogP contribution in [0.4, 0.5) is 5.69 Å². The Bertz CT molecular complexity index is 1130. The van der Waals surface area contributed by atoms with Crippen molar-refractivity contribution < 1.29 is 23.9 Å². The molecular formula is C20H15ClN4O5S. The Labute approximate surface area is 186 Å². The van der Waals surface area contributed by atoms with Gasteiger partial charge in [-0.25, -0.2) is 4.31 Å². The number of Topliss-reactive ketones (excluding diaryl/α,β-unsaturated/α-hetero) is 1. The third-order valence-corrected chi connectivity index (χ3v) is 5.38. The molecule has 0 aromatic heterocycles. The number of ether oxygens (including phenoxy) is 1. The van der Waals surface area contributed by atoms with Gasteiger partial charge < -0.3 is 15.8 Å². The van der Waals surface area contributed by atoms with Gasteiger partial charge in [-0.05, 0) is 42.3 Å². The summed E-state index contributed by atoms with van der Waals surface area (Å²) in [6.45, 7) is -0.357. The monoisotopic (exact) mass is 458 g/mol. The summed E-state index contributed by atoms with van der Waals surface area (Å²) in [6.07, 6.45) is 0. The highest BCUT2D eigenvalue weighted by molar-refractivity contribution is 8.03. The van der Waals surface area contributed by atoms with Crippen LogP contribution in [0, 0.1) is 11.3 Å². The van der Waals surface area contributed by atoms with Crippen molar-refractivity contribution in [2.75, 3.05) is 16.7 Å². The zero-order valence-corrected chi connectivity index (χ0v) is 17.5. The van der Waals surface area contributed by atoms with E-state index in [1.807, 2.05) is 6.07 Å². The molecule has 1 heterocycles. The molecule has 0 saturated carbocycles. The number of nitriles is 1. The molecule has 0 bridgehead atoms. The summed E-state index contributed by atoms with van der Waals surface area (Å²) < 4.78 is 6.53. The van der Waals surface area contributed by atoms with E-state index in [1.54, 1.807) is 12.1 Å². The fraction of sp³-hybridized carbons (Fsp3) is 0.150.